The van der Waals surface area contributed by atoms with Gasteiger partial charge in [-0.2, -0.15) is 13.2 Å². The Bertz CT molecular complexity index is 966. The van der Waals surface area contributed by atoms with Gasteiger partial charge in [0.15, 0.2) is 0 Å². The van der Waals surface area contributed by atoms with Gasteiger partial charge < -0.3 is 15.1 Å². The zero-order valence-electron chi connectivity index (χ0n) is 15.7. The first-order valence-corrected chi connectivity index (χ1v) is 9.00. The van der Waals surface area contributed by atoms with Gasteiger partial charge in [0.05, 0.1) is 17.8 Å². The van der Waals surface area contributed by atoms with Crippen molar-refractivity contribution in [2.24, 2.45) is 0 Å². The minimum atomic E-state index is -4.42. The molecule has 1 aromatic heterocycles. The minimum absolute atomic E-state index is 0.130. The second-order valence-electron chi connectivity index (χ2n) is 6.54. The van der Waals surface area contributed by atoms with Crippen molar-refractivity contribution in [2.75, 3.05) is 18.4 Å². The zero-order chi connectivity index (χ0) is 20.9. The summed E-state index contributed by atoms with van der Waals surface area (Å²) < 4.78 is 43.6. The molecule has 0 aliphatic rings. The topological polar surface area (TPSA) is 67.2 Å². The summed E-state index contributed by atoms with van der Waals surface area (Å²) in [5, 5.41) is 5.39. The Hall–Kier alpha value is -3.29. The van der Waals surface area contributed by atoms with E-state index in [9.17, 15) is 18.0 Å². The van der Waals surface area contributed by atoms with Gasteiger partial charge in [0, 0.05) is 24.2 Å². The standard InChI is InChI=1S/C21H20F3N3O2/c1-14-5-7-15(8-6-14)20-27-18(13-29-20)9-10-25-19(28)12-26-17-4-2-3-16(11-17)21(22,23)24/h2-8,11,13,26H,9-10,12H2,1H3,(H,25,28). The van der Waals surface area contributed by atoms with Gasteiger partial charge in [-0.25, -0.2) is 4.98 Å². The molecule has 0 saturated heterocycles. The molecule has 8 heteroatoms. The lowest BCUT2D eigenvalue weighted by Crippen LogP contribution is -2.31. The number of rotatable bonds is 7. The quantitative estimate of drug-likeness (QED) is 0.612. The molecule has 1 amide bonds. The normalized spacial score (nSPS) is 11.3. The van der Waals surface area contributed by atoms with Gasteiger partial charge in [0.2, 0.25) is 11.8 Å². The van der Waals surface area contributed by atoms with E-state index >= 15 is 0 Å². The summed E-state index contributed by atoms with van der Waals surface area (Å²) in [7, 11) is 0. The fraction of sp³-hybridized carbons (Fsp3) is 0.238. The first kappa shape index (κ1) is 20.4. The molecular formula is C21H20F3N3O2. The van der Waals surface area contributed by atoms with Crippen molar-refractivity contribution in [3.8, 4) is 11.5 Å². The number of nitrogens with zero attached hydrogens (tertiary/aromatic N) is 1. The number of hydrogen-bond acceptors (Lipinski definition) is 4. The number of alkyl halides is 3. The summed E-state index contributed by atoms with van der Waals surface area (Å²) in [6, 6.07) is 12.5. The summed E-state index contributed by atoms with van der Waals surface area (Å²) in [6.45, 7) is 2.20. The Morgan fingerprint density at radius 2 is 1.90 bits per heavy atom. The third kappa shape index (κ3) is 5.84. The van der Waals surface area contributed by atoms with E-state index in [-0.39, 0.29) is 18.1 Å². The van der Waals surface area contributed by atoms with Gasteiger partial charge in [0.1, 0.15) is 6.26 Å². The molecule has 0 bridgehead atoms. The Labute approximate surface area is 166 Å². The van der Waals surface area contributed by atoms with Crippen molar-refractivity contribution < 1.29 is 22.4 Å². The van der Waals surface area contributed by atoms with Crippen molar-refractivity contribution in [3.63, 3.8) is 0 Å². The van der Waals surface area contributed by atoms with Gasteiger partial charge in [-0.05, 0) is 37.3 Å². The number of aryl methyl sites for hydroxylation is 1. The molecule has 29 heavy (non-hydrogen) atoms. The summed E-state index contributed by atoms with van der Waals surface area (Å²) in [6.07, 6.45) is -2.40. The second-order valence-corrected chi connectivity index (χ2v) is 6.54. The predicted octanol–water partition coefficient (Wildman–Crippen LogP) is 4.44. The number of nitrogens with one attached hydrogen (secondary N) is 2. The molecule has 1 heterocycles. The van der Waals surface area contributed by atoms with Crippen LogP contribution in [0.5, 0.6) is 0 Å². The van der Waals surface area contributed by atoms with E-state index in [1.54, 1.807) is 6.26 Å². The van der Waals surface area contributed by atoms with E-state index in [1.807, 2.05) is 31.2 Å². The number of amides is 1. The zero-order valence-corrected chi connectivity index (χ0v) is 15.7. The molecule has 0 saturated carbocycles. The highest BCUT2D eigenvalue weighted by Gasteiger charge is 2.30. The summed E-state index contributed by atoms with van der Waals surface area (Å²) in [5.41, 5.74) is 2.18. The Morgan fingerprint density at radius 3 is 2.62 bits per heavy atom. The molecule has 0 radical (unpaired) electrons. The van der Waals surface area contributed by atoms with Crippen molar-refractivity contribution in [3.05, 3.63) is 71.6 Å². The van der Waals surface area contributed by atoms with Crippen LogP contribution in [0, 0.1) is 6.92 Å². The van der Waals surface area contributed by atoms with Gasteiger partial charge >= 0.3 is 6.18 Å². The fourth-order valence-corrected chi connectivity index (χ4v) is 2.63. The van der Waals surface area contributed by atoms with Gasteiger partial charge in [-0.3, -0.25) is 4.79 Å². The van der Waals surface area contributed by atoms with Gasteiger partial charge in [-0.15, -0.1) is 0 Å². The minimum Gasteiger partial charge on any atom is -0.444 e. The van der Waals surface area contributed by atoms with Crippen LogP contribution in [-0.2, 0) is 17.4 Å². The molecule has 0 spiro atoms. The average Bonchev–Trinajstić information content (AvgIpc) is 3.15. The molecule has 5 nitrogen and oxygen atoms in total. The van der Waals surface area contributed by atoms with E-state index < -0.39 is 11.7 Å². The molecule has 0 aliphatic heterocycles. The Kier molecular flexibility index (Phi) is 6.21. The number of halogens is 3. The second kappa shape index (κ2) is 8.81. The lowest BCUT2D eigenvalue weighted by Gasteiger charge is -2.10. The molecule has 3 aromatic rings. The first-order chi connectivity index (χ1) is 13.8. The maximum atomic E-state index is 12.7. The molecular weight excluding hydrogens is 383 g/mol. The van der Waals surface area contributed by atoms with E-state index in [2.05, 4.69) is 15.6 Å². The van der Waals surface area contributed by atoms with Crippen LogP contribution in [0.25, 0.3) is 11.5 Å². The van der Waals surface area contributed by atoms with Crippen LogP contribution in [0.1, 0.15) is 16.8 Å². The molecule has 2 N–H and O–H groups in total. The van der Waals surface area contributed by atoms with Crippen molar-refractivity contribution >= 4 is 11.6 Å². The van der Waals surface area contributed by atoms with E-state index in [0.717, 1.165) is 23.3 Å². The van der Waals surface area contributed by atoms with Crippen LogP contribution in [-0.4, -0.2) is 24.0 Å². The molecule has 0 aliphatic carbocycles. The number of anilines is 1. The summed E-state index contributed by atoms with van der Waals surface area (Å²) in [5.74, 6) is 0.183. The van der Waals surface area contributed by atoms with Gasteiger partial charge in [-0.1, -0.05) is 23.8 Å². The number of oxazole rings is 1. The van der Waals surface area contributed by atoms with Crippen LogP contribution < -0.4 is 10.6 Å². The third-order valence-corrected chi connectivity index (χ3v) is 4.20. The summed E-state index contributed by atoms with van der Waals surface area (Å²) >= 11 is 0. The highest BCUT2D eigenvalue weighted by Crippen LogP contribution is 2.30. The lowest BCUT2D eigenvalue weighted by atomic mass is 10.1. The maximum absolute atomic E-state index is 12.7. The SMILES string of the molecule is Cc1ccc(-c2nc(CCNC(=O)CNc3cccc(C(F)(F)F)c3)co2)cc1. The summed E-state index contributed by atoms with van der Waals surface area (Å²) in [4.78, 5) is 16.3. The molecule has 2 aromatic carbocycles. The number of carbonyl (C=O) groups excluding carboxylic acids is 1. The fourth-order valence-electron chi connectivity index (χ4n) is 2.63. The molecule has 152 valence electrons. The monoisotopic (exact) mass is 403 g/mol. The maximum Gasteiger partial charge on any atom is 0.416 e. The van der Waals surface area contributed by atoms with E-state index in [1.165, 1.54) is 12.1 Å². The van der Waals surface area contributed by atoms with Crippen LogP contribution in [0.2, 0.25) is 0 Å². The van der Waals surface area contributed by atoms with Crippen molar-refractivity contribution in [1.29, 1.82) is 0 Å². The highest BCUT2D eigenvalue weighted by molar-refractivity contribution is 5.80. The molecule has 0 unspecified atom stereocenters. The lowest BCUT2D eigenvalue weighted by molar-refractivity contribution is -0.137. The number of benzene rings is 2. The number of aromatic nitrogens is 1. The molecule has 3 rings (SSSR count). The number of hydrogen-bond donors (Lipinski definition) is 2. The van der Waals surface area contributed by atoms with Gasteiger partial charge in [0.25, 0.3) is 0 Å². The average molecular weight is 403 g/mol. The first-order valence-electron chi connectivity index (χ1n) is 9.00. The highest BCUT2D eigenvalue weighted by atomic mass is 19.4. The Balaban J connectivity index is 1.44. The largest absolute Gasteiger partial charge is 0.444 e. The van der Waals surface area contributed by atoms with Crippen molar-refractivity contribution in [2.45, 2.75) is 19.5 Å². The predicted molar refractivity (Wildman–Crippen MR) is 103 cm³/mol. The molecule has 0 fully saturated rings. The molecule has 0 atom stereocenters. The smallest absolute Gasteiger partial charge is 0.416 e. The Morgan fingerprint density at radius 1 is 1.14 bits per heavy atom. The van der Waals surface area contributed by atoms with Crippen LogP contribution in [0.3, 0.4) is 0 Å². The van der Waals surface area contributed by atoms with Crippen LogP contribution >= 0.6 is 0 Å². The van der Waals surface area contributed by atoms with Crippen LogP contribution in [0.15, 0.2) is 59.2 Å². The van der Waals surface area contributed by atoms with Crippen molar-refractivity contribution in [1.82, 2.24) is 10.3 Å². The van der Waals surface area contributed by atoms with Crippen LogP contribution in [0.4, 0.5) is 18.9 Å². The van der Waals surface area contributed by atoms with E-state index in [4.69, 9.17) is 4.42 Å². The third-order valence-electron chi connectivity index (χ3n) is 4.20. The number of carbonyl (C=O) groups is 1. The van der Waals surface area contributed by atoms with E-state index in [0.29, 0.717) is 24.6 Å².